The molecule has 4 N–H and O–H groups in total. The van der Waals surface area contributed by atoms with Gasteiger partial charge in [0.15, 0.2) is 23.0 Å². The zero-order valence-corrected chi connectivity index (χ0v) is 22.5. The molecule has 0 amide bonds. The summed E-state index contributed by atoms with van der Waals surface area (Å²) in [6.07, 6.45) is 12.0. The highest BCUT2D eigenvalue weighted by Gasteiger charge is 2.39. The van der Waals surface area contributed by atoms with Crippen molar-refractivity contribution in [2.45, 2.75) is 24.9 Å². The second kappa shape index (κ2) is 10.2. The third-order valence-electron chi connectivity index (χ3n) is 7.36. The first-order valence-corrected chi connectivity index (χ1v) is 13.1. The van der Waals surface area contributed by atoms with Crippen molar-refractivity contribution >= 4 is 39.4 Å². The molecule has 1 fully saturated rings. The van der Waals surface area contributed by atoms with Crippen molar-refractivity contribution in [3.05, 3.63) is 78.4 Å². The molecular weight excluding hydrogens is 533 g/mol. The van der Waals surface area contributed by atoms with E-state index >= 15 is 0 Å². The van der Waals surface area contributed by atoms with Crippen molar-refractivity contribution in [2.75, 3.05) is 30.8 Å². The van der Waals surface area contributed by atoms with Crippen molar-refractivity contribution in [1.29, 1.82) is 0 Å². The minimum atomic E-state index is -0.655. The van der Waals surface area contributed by atoms with Crippen molar-refractivity contribution < 1.29 is 9.13 Å². The van der Waals surface area contributed by atoms with Gasteiger partial charge in [0.25, 0.3) is 0 Å². The number of piperidine rings is 1. The van der Waals surface area contributed by atoms with E-state index in [9.17, 15) is 4.39 Å². The summed E-state index contributed by atoms with van der Waals surface area (Å²) in [6.45, 7) is 1.72. The Kier molecular flexibility index (Phi) is 6.59. The van der Waals surface area contributed by atoms with Gasteiger partial charge >= 0.3 is 0 Å². The van der Waals surface area contributed by atoms with Gasteiger partial charge in [0.1, 0.15) is 22.6 Å². The van der Waals surface area contributed by atoms with Crippen LogP contribution in [0.3, 0.4) is 0 Å². The molecule has 1 atom stereocenters. The molecule has 0 bridgehead atoms. The monoisotopic (exact) mass is 559 g/mol. The number of nitrogens with zero attached hydrogens (tertiary/aromatic N) is 7. The fourth-order valence-corrected chi connectivity index (χ4v) is 5.58. The van der Waals surface area contributed by atoms with Crippen LogP contribution in [0.5, 0.6) is 5.75 Å². The van der Waals surface area contributed by atoms with E-state index in [-0.39, 0.29) is 5.75 Å². The molecule has 204 valence electrons. The van der Waals surface area contributed by atoms with E-state index in [1.54, 1.807) is 24.5 Å². The highest BCUT2D eigenvalue weighted by molar-refractivity contribution is 6.68. The van der Waals surface area contributed by atoms with Crippen LogP contribution in [0.1, 0.15) is 18.4 Å². The van der Waals surface area contributed by atoms with Crippen LogP contribution in [0.2, 0.25) is 0 Å². The molecule has 0 radical (unpaired) electrons. The van der Waals surface area contributed by atoms with E-state index in [0.29, 0.717) is 52.2 Å². The highest BCUT2D eigenvalue weighted by atomic mass is 35.5. The second-order valence-electron chi connectivity index (χ2n) is 9.82. The number of aliphatic imine (C=N–C) groups is 1. The quantitative estimate of drug-likeness (QED) is 0.374. The SMILES string of the molecule is COc1ccc(-c2cc(Cn3cnc4c(N)ncnc43)c(N3CCC[C@]4(C3)N=C(Cl)C=CC=C4N)cn2)cc1F. The fourth-order valence-electron chi connectivity index (χ4n) is 5.34. The van der Waals surface area contributed by atoms with Crippen LogP contribution in [-0.2, 0) is 6.54 Å². The first kappa shape index (κ1) is 25.8. The highest BCUT2D eigenvalue weighted by Crippen LogP contribution is 2.37. The normalized spacial score (nSPS) is 19.0. The van der Waals surface area contributed by atoms with Gasteiger partial charge in [-0.05, 0) is 54.8 Å². The van der Waals surface area contributed by atoms with Crippen LogP contribution in [0.25, 0.3) is 22.4 Å². The summed E-state index contributed by atoms with van der Waals surface area (Å²) in [5, 5.41) is 0.413. The van der Waals surface area contributed by atoms with Gasteiger partial charge in [-0.25, -0.2) is 19.3 Å². The number of rotatable bonds is 5. The number of pyridine rings is 1. The van der Waals surface area contributed by atoms with Crippen molar-refractivity contribution in [3.63, 3.8) is 0 Å². The van der Waals surface area contributed by atoms with Crippen LogP contribution in [0.15, 0.2) is 72.0 Å². The molecule has 3 aromatic heterocycles. The Hall–Kier alpha value is -4.51. The molecule has 4 aromatic rings. The van der Waals surface area contributed by atoms with Gasteiger partial charge in [-0.2, -0.15) is 0 Å². The summed E-state index contributed by atoms with van der Waals surface area (Å²) in [7, 11) is 1.43. The summed E-state index contributed by atoms with van der Waals surface area (Å²) in [6, 6.07) is 6.75. The molecule has 10 nitrogen and oxygen atoms in total. The number of aromatic nitrogens is 5. The van der Waals surface area contributed by atoms with E-state index in [2.05, 4.69) is 19.9 Å². The standard InChI is InChI=1S/C28H27ClFN9O/c1-40-22-7-6-17(10-19(22)30)20-11-18(13-39-16-36-25-26(32)34-15-35-27(25)39)21(12-33-20)38-9-3-8-28(14-38)23(31)4-2-5-24(29)37-28/h2,4-7,10-12,15-16H,3,8-9,13-14,31H2,1H3,(H2,32,34,35)/t28-/m1/s1. The summed E-state index contributed by atoms with van der Waals surface area (Å²) >= 11 is 6.39. The lowest BCUT2D eigenvalue weighted by Gasteiger charge is -2.42. The van der Waals surface area contributed by atoms with Crippen LogP contribution >= 0.6 is 11.6 Å². The molecule has 0 aliphatic carbocycles. The Bertz CT molecular complexity index is 1700. The Morgan fingerprint density at radius 2 is 2.02 bits per heavy atom. The van der Waals surface area contributed by atoms with E-state index in [1.165, 1.54) is 19.5 Å². The summed E-state index contributed by atoms with van der Waals surface area (Å²) in [5.41, 5.74) is 16.8. The summed E-state index contributed by atoms with van der Waals surface area (Å²) in [5.74, 6) is 0.0197. The number of hydrogen-bond donors (Lipinski definition) is 2. The number of halogens is 2. The summed E-state index contributed by atoms with van der Waals surface area (Å²) < 4.78 is 21.6. The molecule has 0 unspecified atom stereocenters. The molecule has 5 heterocycles. The van der Waals surface area contributed by atoms with Crippen LogP contribution in [0, 0.1) is 5.82 Å². The zero-order valence-electron chi connectivity index (χ0n) is 21.8. The van der Waals surface area contributed by atoms with Gasteiger partial charge in [0, 0.05) is 24.4 Å². The van der Waals surface area contributed by atoms with Crippen molar-refractivity contribution in [1.82, 2.24) is 24.5 Å². The predicted octanol–water partition coefficient (Wildman–Crippen LogP) is 4.06. The minimum Gasteiger partial charge on any atom is -0.494 e. The number of nitrogen functional groups attached to an aromatic ring is 1. The average Bonchev–Trinajstić information content (AvgIpc) is 3.31. The van der Waals surface area contributed by atoms with Gasteiger partial charge in [-0.1, -0.05) is 17.7 Å². The Labute approximate surface area is 234 Å². The largest absolute Gasteiger partial charge is 0.494 e. The van der Waals surface area contributed by atoms with Gasteiger partial charge in [0.05, 0.1) is 37.6 Å². The van der Waals surface area contributed by atoms with Gasteiger partial charge in [0.2, 0.25) is 0 Å². The number of benzene rings is 1. The molecule has 40 heavy (non-hydrogen) atoms. The number of fused-ring (bicyclic) bond motifs is 1. The van der Waals surface area contributed by atoms with Crippen LogP contribution in [-0.4, -0.2) is 55.4 Å². The Balaban J connectivity index is 1.44. The number of allylic oxidation sites excluding steroid dienone is 3. The lowest BCUT2D eigenvalue weighted by molar-refractivity contribution is 0.386. The third kappa shape index (κ3) is 4.62. The number of imidazole rings is 1. The maximum absolute atomic E-state index is 14.6. The molecule has 6 rings (SSSR count). The van der Waals surface area contributed by atoms with Gasteiger partial charge in [-0.3, -0.25) is 9.98 Å². The number of hydrogen-bond acceptors (Lipinski definition) is 9. The molecule has 12 heteroatoms. The molecule has 0 saturated carbocycles. The topological polar surface area (TPSA) is 133 Å². The number of anilines is 2. The molecule has 1 aromatic carbocycles. The third-order valence-corrected chi connectivity index (χ3v) is 7.57. The predicted molar refractivity (Wildman–Crippen MR) is 154 cm³/mol. The van der Waals surface area contributed by atoms with Crippen molar-refractivity contribution in [3.8, 4) is 17.0 Å². The van der Waals surface area contributed by atoms with E-state index in [1.807, 2.05) is 29.0 Å². The van der Waals surface area contributed by atoms with E-state index in [0.717, 1.165) is 30.6 Å². The summed E-state index contributed by atoms with van der Waals surface area (Å²) in [4.78, 5) is 24.6. The number of methoxy groups -OCH3 is 1. The Morgan fingerprint density at radius 1 is 1.15 bits per heavy atom. The molecular formula is C28H27ClFN9O. The van der Waals surface area contributed by atoms with Crippen LogP contribution < -0.4 is 21.1 Å². The number of nitrogens with two attached hydrogens (primary N) is 2. The zero-order chi connectivity index (χ0) is 27.9. The lowest BCUT2D eigenvalue weighted by Crippen LogP contribution is -2.50. The minimum absolute atomic E-state index is 0.170. The first-order valence-electron chi connectivity index (χ1n) is 12.8. The first-order chi connectivity index (χ1) is 19.4. The van der Waals surface area contributed by atoms with Gasteiger partial charge < -0.3 is 25.7 Å². The van der Waals surface area contributed by atoms with Gasteiger partial charge in [-0.15, -0.1) is 0 Å². The maximum Gasteiger partial charge on any atom is 0.165 e. The number of ether oxygens (including phenoxy) is 1. The Morgan fingerprint density at radius 3 is 2.85 bits per heavy atom. The maximum atomic E-state index is 14.6. The smallest absolute Gasteiger partial charge is 0.165 e. The van der Waals surface area contributed by atoms with Crippen molar-refractivity contribution in [2.24, 2.45) is 10.7 Å². The fraction of sp³-hybridized carbons (Fsp3) is 0.250. The molecule has 2 aliphatic heterocycles. The van der Waals surface area contributed by atoms with E-state index in [4.69, 9.17) is 37.8 Å². The molecule has 1 spiro atoms. The second-order valence-corrected chi connectivity index (χ2v) is 10.2. The van der Waals surface area contributed by atoms with E-state index < -0.39 is 11.4 Å². The molecule has 1 saturated heterocycles. The molecule has 2 aliphatic rings. The lowest BCUT2D eigenvalue weighted by atomic mass is 9.86. The average molecular weight is 560 g/mol. The van der Waals surface area contributed by atoms with Crippen LogP contribution in [0.4, 0.5) is 15.9 Å².